The highest BCUT2D eigenvalue weighted by Gasteiger charge is 2.38. The van der Waals surface area contributed by atoms with Gasteiger partial charge >= 0.3 is 0 Å². The van der Waals surface area contributed by atoms with Crippen LogP contribution in [0.2, 0.25) is 0 Å². The van der Waals surface area contributed by atoms with Gasteiger partial charge in [-0.05, 0) is 126 Å². The lowest BCUT2D eigenvalue weighted by Crippen LogP contribution is -2.18. The number of rotatable bonds is 4. The minimum absolute atomic E-state index is 0.0435. The Kier molecular flexibility index (Phi) is 7.75. The molecule has 0 aliphatic heterocycles. The maximum atomic E-state index is 6.73. The second kappa shape index (κ2) is 12.3. The molecule has 0 N–H and O–H groups in total. The maximum absolute atomic E-state index is 6.73. The maximum Gasteiger partial charge on any atom is 0.137 e. The van der Waals surface area contributed by atoms with Gasteiger partial charge in [0.2, 0.25) is 0 Å². The average molecular weight is 756 g/mol. The van der Waals surface area contributed by atoms with Crippen LogP contribution in [0.15, 0.2) is 144 Å². The molecule has 1 aromatic heterocycles. The van der Waals surface area contributed by atoms with Gasteiger partial charge in [-0.1, -0.05) is 154 Å². The van der Waals surface area contributed by atoms with Gasteiger partial charge in [-0.15, -0.1) is 0 Å². The van der Waals surface area contributed by atoms with Crippen molar-refractivity contribution in [2.45, 2.75) is 90.9 Å². The summed E-state index contributed by atoms with van der Waals surface area (Å²) >= 11 is 0. The Balaban J connectivity index is 1.13. The van der Waals surface area contributed by atoms with Crippen molar-refractivity contribution in [3.05, 3.63) is 173 Å². The van der Waals surface area contributed by atoms with Crippen molar-refractivity contribution >= 4 is 39.0 Å². The minimum atomic E-state index is -0.115. The van der Waals surface area contributed by atoms with Crippen LogP contribution in [0.3, 0.4) is 0 Å². The van der Waals surface area contributed by atoms with E-state index in [1.165, 1.54) is 66.8 Å². The summed E-state index contributed by atoms with van der Waals surface area (Å²) in [6.45, 7) is 23.3. The lowest BCUT2D eigenvalue weighted by molar-refractivity contribution is 0.569. The number of fused-ring (bicyclic) bond motifs is 9. The Morgan fingerprint density at radius 2 is 0.879 bits per heavy atom. The first kappa shape index (κ1) is 36.5. The molecule has 10 rings (SSSR count). The molecule has 2 heteroatoms. The van der Waals surface area contributed by atoms with Crippen LogP contribution < -0.4 is 4.90 Å². The van der Waals surface area contributed by atoms with E-state index >= 15 is 0 Å². The number of hydrogen-bond donors (Lipinski definition) is 0. The number of anilines is 3. The fourth-order valence-corrected chi connectivity index (χ4v) is 9.85. The molecule has 0 radical (unpaired) electrons. The van der Waals surface area contributed by atoms with Crippen molar-refractivity contribution in [2.75, 3.05) is 4.90 Å². The molecule has 2 nitrogen and oxygen atoms in total. The highest BCUT2D eigenvalue weighted by atomic mass is 16.3. The molecular formula is C56H53NO. The zero-order valence-corrected chi connectivity index (χ0v) is 35.6. The molecule has 288 valence electrons. The van der Waals surface area contributed by atoms with Crippen molar-refractivity contribution in [1.82, 2.24) is 0 Å². The smallest absolute Gasteiger partial charge is 0.137 e. The van der Waals surface area contributed by atoms with Crippen LogP contribution in [-0.2, 0) is 21.7 Å². The van der Waals surface area contributed by atoms with E-state index in [1.54, 1.807) is 0 Å². The van der Waals surface area contributed by atoms with E-state index in [1.807, 2.05) is 0 Å². The Bertz CT molecular complexity index is 2840. The SMILES string of the molecule is CC(C)(C)c1cc(-c2ccc3oc4cc(N(c5ccc6c(c5)C(C)(C)c5ccccc5-6)c5ccc6c(c5)C(C)(C)c5ccccc5-6)ccc4c3c2)cc(C(C)(C)C)c1. The standard InChI is InChI=1S/C56H53NO/c1-53(2,3)36-27-35(28-37(30-36)54(4,5)6)34-19-26-51-46(29-34)45-25-22-40(33-52(45)58-51)57(38-20-23-43-41-15-11-13-17-47(41)55(7,8)49(43)31-38)39-21-24-44-42-16-12-14-18-48(42)56(9,10)50(44)32-39/h11-33H,1-10H3. The first-order valence-corrected chi connectivity index (χ1v) is 20.9. The quantitative estimate of drug-likeness (QED) is 0.178. The summed E-state index contributed by atoms with van der Waals surface area (Å²) in [5.41, 5.74) is 20.9. The number of nitrogens with zero attached hydrogens (tertiary/aromatic N) is 1. The third-order valence-corrected chi connectivity index (χ3v) is 13.4. The zero-order valence-electron chi connectivity index (χ0n) is 35.6. The monoisotopic (exact) mass is 755 g/mol. The summed E-state index contributed by atoms with van der Waals surface area (Å²) < 4.78 is 6.73. The summed E-state index contributed by atoms with van der Waals surface area (Å²) in [6, 6.07) is 52.5. The largest absolute Gasteiger partial charge is 0.456 e. The van der Waals surface area contributed by atoms with Crippen LogP contribution in [0.4, 0.5) is 17.1 Å². The summed E-state index contributed by atoms with van der Waals surface area (Å²) in [7, 11) is 0. The summed E-state index contributed by atoms with van der Waals surface area (Å²) in [6.07, 6.45) is 0. The van der Waals surface area contributed by atoms with Crippen molar-refractivity contribution in [2.24, 2.45) is 0 Å². The summed E-state index contributed by atoms with van der Waals surface area (Å²) in [4.78, 5) is 2.43. The predicted octanol–water partition coefficient (Wildman–Crippen LogP) is 15.9. The molecule has 8 aromatic rings. The Hall–Kier alpha value is -5.86. The van der Waals surface area contributed by atoms with Crippen LogP contribution in [0.1, 0.15) is 103 Å². The van der Waals surface area contributed by atoms with E-state index in [4.69, 9.17) is 4.42 Å². The van der Waals surface area contributed by atoms with Crippen molar-refractivity contribution in [1.29, 1.82) is 0 Å². The van der Waals surface area contributed by atoms with Crippen LogP contribution >= 0.6 is 0 Å². The predicted molar refractivity (Wildman–Crippen MR) is 246 cm³/mol. The number of benzene rings is 7. The zero-order chi connectivity index (χ0) is 40.5. The van der Waals surface area contributed by atoms with Crippen molar-refractivity contribution < 1.29 is 4.42 Å². The van der Waals surface area contributed by atoms with Crippen LogP contribution in [0.25, 0.3) is 55.3 Å². The molecule has 0 bridgehead atoms. The Morgan fingerprint density at radius 3 is 1.41 bits per heavy atom. The van der Waals surface area contributed by atoms with Crippen LogP contribution in [0.5, 0.6) is 0 Å². The molecular weight excluding hydrogens is 703 g/mol. The first-order chi connectivity index (χ1) is 27.5. The van der Waals surface area contributed by atoms with Crippen molar-refractivity contribution in [3.63, 3.8) is 0 Å². The topological polar surface area (TPSA) is 16.4 Å². The van der Waals surface area contributed by atoms with Gasteiger partial charge in [0.15, 0.2) is 0 Å². The second-order valence-electron chi connectivity index (χ2n) is 19.9. The van der Waals surface area contributed by atoms with Gasteiger partial charge < -0.3 is 9.32 Å². The Morgan fingerprint density at radius 1 is 0.397 bits per heavy atom. The first-order valence-electron chi connectivity index (χ1n) is 20.9. The average Bonchev–Trinajstić information content (AvgIpc) is 3.76. The van der Waals surface area contributed by atoms with E-state index in [2.05, 4.69) is 214 Å². The highest BCUT2D eigenvalue weighted by molar-refractivity contribution is 6.07. The van der Waals surface area contributed by atoms with Crippen LogP contribution in [0, 0.1) is 0 Å². The lowest BCUT2D eigenvalue weighted by Gasteiger charge is -2.29. The van der Waals surface area contributed by atoms with Crippen LogP contribution in [-0.4, -0.2) is 0 Å². The fraction of sp³-hybridized carbons (Fsp3) is 0.250. The number of furan rings is 1. The van der Waals surface area contributed by atoms with Gasteiger partial charge in [-0.3, -0.25) is 0 Å². The molecule has 0 spiro atoms. The minimum Gasteiger partial charge on any atom is -0.456 e. The molecule has 0 amide bonds. The van der Waals surface area contributed by atoms with E-state index in [0.29, 0.717) is 0 Å². The molecule has 0 fully saturated rings. The third kappa shape index (κ3) is 5.52. The lowest BCUT2D eigenvalue weighted by atomic mass is 9.79. The van der Waals surface area contributed by atoms with Gasteiger partial charge in [0, 0.05) is 44.7 Å². The summed E-state index contributed by atoms with van der Waals surface area (Å²) in [5, 5.41) is 2.26. The molecule has 0 saturated heterocycles. The fourth-order valence-electron chi connectivity index (χ4n) is 9.85. The van der Waals surface area contributed by atoms with Gasteiger partial charge in [0.25, 0.3) is 0 Å². The molecule has 7 aromatic carbocycles. The molecule has 2 aliphatic rings. The van der Waals surface area contributed by atoms with E-state index < -0.39 is 0 Å². The van der Waals surface area contributed by atoms with Gasteiger partial charge in [-0.2, -0.15) is 0 Å². The normalized spacial score (nSPS) is 15.0. The highest BCUT2D eigenvalue weighted by Crippen LogP contribution is 2.53. The molecule has 2 aliphatic carbocycles. The van der Waals surface area contributed by atoms with Gasteiger partial charge in [-0.25, -0.2) is 0 Å². The third-order valence-electron chi connectivity index (χ3n) is 13.4. The Labute approximate surface area is 344 Å². The van der Waals surface area contributed by atoms with E-state index in [-0.39, 0.29) is 21.7 Å². The molecule has 0 unspecified atom stereocenters. The molecule has 0 saturated carbocycles. The van der Waals surface area contributed by atoms with Gasteiger partial charge in [0.1, 0.15) is 11.2 Å². The van der Waals surface area contributed by atoms with Crippen molar-refractivity contribution in [3.8, 4) is 33.4 Å². The van der Waals surface area contributed by atoms with E-state index in [0.717, 1.165) is 39.0 Å². The molecule has 1 heterocycles. The molecule has 0 atom stereocenters. The summed E-state index contributed by atoms with van der Waals surface area (Å²) in [5.74, 6) is 0. The van der Waals surface area contributed by atoms with E-state index in [9.17, 15) is 0 Å². The number of hydrogen-bond acceptors (Lipinski definition) is 2. The molecule has 58 heavy (non-hydrogen) atoms. The van der Waals surface area contributed by atoms with Gasteiger partial charge in [0.05, 0.1) is 0 Å². The second-order valence-corrected chi connectivity index (χ2v) is 19.9.